The number of nitrogens with zero attached hydrogens (tertiary/aromatic N) is 3. The summed E-state index contributed by atoms with van der Waals surface area (Å²) >= 11 is 6.24. The quantitative estimate of drug-likeness (QED) is 0.759. The lowest BCUT2D eigenvalue weighted by molar-refractivity contribution is -0.728. The van der Waals surface area contributed by atoms with Gasteiger partial charge in [-0.15, -0.1) is 5.01 Å². The zero-order valence-electron chi connectivity index (χ0n) is 12.2. The molecule has 4 nitrogen and oxygen atoms in total. The molecule has 2 aliphatic rings. The van der Waals surface area contributed by atoms with Gasteiger partial charge in [0.05, 0.1) is 10.6 Å². The maximum absolute atomic E-state index is 14.4. The van der Waals surface area contributed by atoms with Gasteiger partial charge < -0.3 is 12.4 Å². The fourth-order valence-electron chi connectivity index (χ4n) is 2.69. The topological polar surface area (TPSA) is 41.5 Å². The van der Waals surface area contributed by atoms with Gasteiger partial charge in [-0.05, 0) is 24.3 Å². The number of aliphatic imine (C=N–C) groups is 2. The molecule has 0 aliphatic carbocycles. The van der Waals surface area contributed by atoms with Crippen LogP contribution in [0.25, 0.3) is 11.3 Å². The van der Waals surface area contributed by atoms with Crippen LogP contribution in [-0.2, 0) is 0 Å². The van der Waals surface area contributed by atoms with Gasteiger partial charge in [-0.1, -0.05) is 41.0 Å². The van der Waals surface area contributed by atoms with Gasteiger partial charge in [-0.25, -0.2) is 4.39 Å². The van der Waals surface area contributed by atoms with Crippen molar-refractivity contribution in [3.05, 3.63) is 70.5 Å². The molecule has 0 saturated carbocycles. The van der Waals surface area contributed by atoms with Crippen molar-refractivity contribution in [1.82, 2.24) is 0 Å². The molecular weight excluding hydrogens is 350 g/mol. The number of quaternary nitrogens is 1. The van der Waals surface area contributed by atoms with Crippen molar-refractivity contribution >= 4 is 41.4 Å². The number of rotatable bonds is 2. The molecule has 1 unspecified atom stereocenters. The number of guanidine groups is 1. The summed E-state index contributed by atoms with van der Waals surface area (Å²) < 4.78 is 14.4. The molecule has 0 radical (unpaired) electrons. The number of hydrogen-bond donors (Lipinski definition) is 1. The second-order valence-electron chi connectivity index (χ2n) is 5.06. The zero-order valence-corrected chi connectivity index (χ0v) is 13.8. The van der Waals surface area contributed by atoms with Crippen LogP contribution in [0.15, 0.2) is 63.6 Å². The molecule has 24 heavy (non-hydrogen) atoms. The van der Waals surface area contributed by atoms with E-state index in [-0.39, 0.29) is 12.4 Å². The predicted molar refractivity (Wildman–Crippen MR) is 90.0 cm³/mol. The van der Waals surface area contributed by atoms with E-state index in [1.165, 1.54) is 12.4 Å². The highest BCUT2D eigenvalue weighted by Gasteiger charge is 2.34. The summed E-state index contributed by atoms with van der Waals surface area (Å²) in [6.45, 7) is 0. The van der Waals surface area contributed by atoms with Crippen molar-refractivity contribution in [1.29, 1.82) is 0 Å². The highest BCUT2D eigenvalue weighted by atomic mass is 35.5. The third kappa shape index (κ3) is 2.67. The van der Waals surface area contributed by atoms with Crippen molar-refractivity contribution in [2.75, 3.05) is 0 Å². The minimum absolute atomic E-state index is 0. The number of benzene rings is 2. The monoisotopic (exact) mass is 360 g/mol. The first-order chi connectivity index (χ1) is 11.3. The molecule has 1 atom stereocenters. The highest BCUT2D eigenvalue weighted by Crippen LogP contribution is 2.30. The SMILES string of the molecule is Fc1cccc(Cl)c1C1=C(c2ccccc2)[NH+]2N=CN=C2N=C1.[Cl-]. The van der Waals surface area contributed by atoms with Crippen LogP contribution in [0.2, 0.25) is 5.02 Å². The standard InChI is InChI=1S/C17H10ClFN4.ClH/c18-13-7-4-8-14(19)15(13)12-9-20-17-21-10-22-23(17)16(12)11-5-2-1-3-6-11;/h1-10H;1H. The third-order valence-electron chi connectivity index (χ3n) is 3.70. The van der Waals surface area contributed by atoms with Crippen molar-refractivity contribution in [3.8, 4) is 0 Å². The van der Waals surface area contributed by atoms with Crippen LogP contribution in [0.5, 0.6) is 0 Å². The summed E-state index contributed by atoms with van der Waals surface area (Å²) in [7, 11) is 0. The minimum atomic E-state index is -0.393. The van der Waals surface area contributed by atoms with Crippen LogP contribution in [0.1, 0.15) is 11.1 Å². The molecule has 0 saturated heterocycles. The van der Waals surface area contributed by atoms with E-state index in [1.54, 1.807) is 18.3 Å². The number of halogens is 3. The van der Waals surface area contributed by atoms with Gasteiger partial charge in [0, 0.05) is 17.3 Å². The molecule has 2 aromatic rings. The smallest absolute Gasteiger partial charge is 0.361 e. The number of nitrogens with one attached hydrogen (secondary N) is 1. The highest BCUT2D eigenvalue weighted by molar-refractivity contribution is 6.35. The predicted octanol–water partition coefficient (Wildman–Crippen LogP) is -0.366. The van der Waals surface area contributed by atoms with Gasteiger partial charge in [-0.2, -0.15) is 9.98 Å². The van der Waals surface area contributed by atoms with E-state index in [2.05, 4.69) is 15.1 Å². The van der Waals surface area contributed by atoms with Crippen molar-refractivity contribution in [2.45, 2.75) is 0 Å². The fraction of sp³-hybridized carbons (Fsp3) is 0. The first-order valence-electron chi connectivity index (χ1n) is 7.02. The van der Waals surface area contributed by atoms with Crippen molar-refractivity contribution < 1.29 is 21.8 Å². The molecule has 0 amide bonds. The largest absolute Gasteiger partial charge is 1.00 e. The normalized spacial score (nSPS) is 18.2. The third-order valence-corrected chi connectivity index (χ3v) is 4.01. The van der Waals surface area contributed by atoms with Crippen LogP contribution in [-0.4, -0.2) is 18.5 Å². The average Bonchev–Trinajstić information content (AvgIpc) is 3.04. The minimum Gasteiger partial charge on any atom is -1.00 e. The summed E-state index contributed by atoms with van der Waals surface area (Å²) in [6, 6.07) is 14.3. The van der Waals surface area contributed by atoms with Crippen LogP contribution in [0.4, 0.5) is 4.39 Å². The van der Waals surface area contributed by atoms with E-state index in [0.717, 1.165) is 11.3 Å². The molecule has 120 valence electrons. The molecule has 2 aromatic carbocycles. The lowest BCUT2D eigenvalue weighted by atomic mass is 9.98. The lowest BCUT2D eigenvalue weighted by Crippen LogP contribution is -3.06. The Labute approximate surface area is 149 Å². The Bertz CT molecular complexity index is 884. The van der Waals surface area contributed by atoms with E-state index >= 15 is 0 Å². The van der Waals surface area contributed by atoms with E-state index in [1.807, 2.05) is 30.3 Å². The number of hydrogen-bond acceptors (Lipinski definition) is 3. The van der Waals surface area contributed by atoms with E-state index in [4.69, 9.17) is 11.6 Å². The van der Waals surface area contributed by atoms with E-state index in [0.29, 0.717) is 27.1 Å². The molecule has 0 aromatic heterocycles. The number of fused-ring (bicyclic) bond motifs is 1. The molecule has 0 bridgehead atoms. The van der Waals surface area contributed by atoms with Gasteiger partial charge in [-0.3, -0.25) is 0 Å². The maximum atomic E-state index is 14.4. The second-order valence-corrected chi connectivity index (χ2v) is 5.46. The van der Waals surface area contributed by atoms with Gasteiger partial charge in [0.2, 0.25) is 0 Å². The first kappa shape index (κ1) is 16.5. The van der Waals surface area contributed by atoms with Gasteiger partial charge in [0.1, 0.15) is 5.82 Å². The van der Waals surface area contributed by atoms with Gasteiger partial charge >= 0.3 is 5.96 Å². The molecule has 1 N–H and O–H groups in total. The van der Waals surface area contributed by atoms with Gasteiger partial charge in [0.15, 0.2) is 12.0 Å². The molecule has 4 rings (SSSR count). The number of allylic oxidation sites excluding steroid dienone is 1. The average molecular weight is 361 g/mol. The summed E-state index contributed by atoms with van der Waals surface area (Å²) in [5.74, 6) is 0.135. The first-order valence-corrected chi connectivity index (χ1v) is 7.39. The Morgan fingerprint density at radius 3 is 2.54 bits per heavy atom. The Hall–Kier alpha value is -2.34. The molecule has 2 aliphatic heterocycles. The van der Waals surface area contributed by atoms with E-state index < -0.39 is 5.82 Å². The van der Waals surface area contributed by atoms with Crippen LogP contribution in [0.3, 0.4) is 0 Å². The Morgan fingerprint density at radius 1 is 1.00 bits per heavy atom. The maximum Gasteiger partial charge on any atom is 0.361 e. The Morgan fingerprint density at radius 2 is 1.79 bits per heavy atom. The summed E-state index contributed by atoms with van der Waals surface area (Å²) in [5.41, 5.74) is 2.62. The lowest BCUT2D eigenvalue weighted by Gasteiger charge is -2.19. The Balaban J connectivity index is 0.00000169. The zero-order chi connectivity index (χ0) is 15.8. The summed E-state index contributed by atoms with van der Waals surface area (Å²) in [6.07, 6.45) is 3.06. The van der Waals surface area contributed by atoms with Crippen molar-refractivity contribution in [3.63, 3.8) is 0 Å². The summed E-state index contributed by atoms with van der Waals surface area (Å²) in [4.78, 5) is 8.42. The van der Waals surface area contributed by atoms with Crippen LogP contribution >= 0.6 is 11.6 Å². The molecule has 7 heteroatoms. The molecule has 0 spiro atoms. The fourth-order valence-corrected chi connectivity index (χ4v) is 2.96. The van der Waals surface area contributed by atoms with Crippen LogP contribution in [0, 0.1) is 5.82 Å². The molecule has 2 heterocycles. The van der Waals surface area contributed by atoms with E-state index in [9.17, 15) is 4.39 Å². The Kier molecular flexibility index (Phi) is 4.57. The molecular formula is C17H11Cl2FN4. The molecule has 0 fully saturated rings. The van der Waals surface area contributed by atoms with Crippen LogP contribution < -0.4 is 17.4 Å². The van der Waals surface area contributed by atoms with Crippen molar-refractivity contribution in [2.24, 2.45) is 15.1 Å². The van der Waals surface area contributed by atoms with Gasteiger partial charge in [0.25, 0.3) is 0 Å². The summed E-state index contributed by atoms with van der Waals surface area (Å²) in [5, 5.41) is 5.27. The second kappa shape index (κ2) is 6.65.